The Bertz CT molecular complexity index is 910. The Morgan fingerprint density at radius 1 is 0.960 bits per heavy atom. The molecule has 0 saturated carbocycles. The van der Waals surface area contributed by atoms with Gasteiger partial charge in [0.15, 0.2) is 0 Å². The summed E-state index contributed by atoms with van der Waals surface area (Å²) in [5.41, 5.74) is 3.95. The number of aryl methyl sites for hydroxylation is 2. The number of hydrogen-bond acceptors (Lipinski definition) is 5. The monoisotopic (exact) mass is 329 g/mol. The SMILES string of the molecule is Cc1cccc(CNc2cc(Nc3ccc(C#N)cc3)nc(C)n2)c1. The summed E-state index contributed by atoms with van der Waals surface area (Å²) in [4.78, 5) is 8.85. The van der Waals surface area contributed by atoms with Crippen LogP contribution < -0.4 is 10.6 Å². The Kier molecular flexibility index (Phi) is 4.91. The Morgan fingerprint density at radius 2 is 1.72 bits per heavy atom. The van der Waals surface area contributed by atoms with Crippen LogP contribution in [0.5, 0.6) is 0 Å². The van der Waals surface area contributed by atoms with Gasteiger partial charge in [0, 0.05) is 18.3 Å². The standard InChI is InChI=1S/C20H19N5/c1-14-4-3-5-17(10-14)13-22-19-11-20(24-15(2)23-19)25-18-8-6-16(12-21)7-9-18/h3-11H,13H2,1-2H3,(H2,22,23,24,25). The van der Waals surface area contributed by atoms with Crippen molar-refractivity contribution in [3.05, 3.63) is 77.1 Å². The van der Waals surface area contributed by atoms with Crippen LogP contribution in [-0.2, 0) is 6.54 Å². The van der Waals surface area contributed by atoms with Gasteiger partial charge < -0.3 is 10.6 Å². The molecule has 1 heterocycles. The van der Waals surface area contributed by atoms with Crippen molar-refractivity contribution in [3.8, 4) is 6.07 Å². The first-order valence-electron chi connectivity index (χ1n) is 8.05. The summed E-state index contributed by atoms with van der Waals surface area (Å²) in [6.07, 6.45) is 0. The van der Waals surface area contributed by atoms with Crippen LogP contribution >= 0.6 is 0 Å². The van der Waals surface area contributed by atoms with Gasteiger partial charge in [0.25, 0.3) is 0 Å². The highest BCUT2D eigenvalue weighted by Crippen LogP contribution is 2.18. The minimum Gasteiger partial charge on any atom is -0.366 e. The molecule has 0 fully saturated rings. The van der Waals surface area contributed by atoms with Crippen molar-refractivity contribution in [2.45, 2.75) is 20.4 Å². The van der Waals surface area contributed by atoms with E-state index in [2.05, 4.69) is 57.9 Å². The fourth-order valence-corrected chi connectivity index (χ4v) is 2.51. The van der Waals surface area contributed by atoms with E-state index in [0.29, 0.717) is 23.8 Å². The van der Waals surface area contributed by atoms with Crippen molar-refractivity contribution in [1.29, 1.82) is 5.26 Å². The summed E-state index contributed by atoms with van der Waals surface area (Å²) in [6.45, 7) is 4.65. The van der Waals surface area contributed by atoms with E-state index >= 15 is 0 Å². The Labute approximate surface area is 147 Å². The van der Waals surface area contributed by atoms with Crippen LogP contribution in [0.4, 0.5) is 17.3 Å². The van der Waals surface area contributed by atoms with Crippen LogP contribution in [0.15, 0.2) is 54.6 Å². The van der Waals surface area contributed by atoms with Crippen LogP contribution in [0, 0.1) is 25.2 Å². The van der Waals surface area contributed by atoms with Gasteiger partial charge in [-0.15, -0.1) is 0 Å². The molecule has 0 aliphatic heterocycles. The van der Waals surface area contributed by atoms with Crippen LogP contribution in [0.1, 0.15) is 22.5 Å². The lowest BCUT2D eigenvalue weighted by Crippen LogP contribution is -2.05. The molecule has 25 heavy (non-hydrogen) atoms. The van der Waals surface area contributed by atoms with Gasteiger partial charge in [0.2, 0.25) is 0 Å². The van der Waals surface area contributed by atoms with Gasteiger partial charge in [-0.2, -0.15) is 5.26 Å². The number of nitriles is 1. The first-order chi connectivity index (χ1) is 12.1. The van der Waals surface area contributed by atoms with Crippen molar-refractivity contribution < 1.29 is 0 Å². The van der Waals surface area contributed by atoms with E-state index in [0.717, 1.165) is 11.5 Å². The average molecular weight is 329 g/mol. The topological polar surface area (TPSA) is 73.6 Å². The van der Waals surface area contributed by atoms with E-state index in [1.807, 2.05) is 25.1 Å². The summed E-state index contributed by atoms with van der Waals surface area (Å²) in [5, 5.41) is 15.4. The molecule has 124 valence electrons. The van der Waals surface area contributed by atoms with Crippen molar-refractivity contribution in [2.75, 3.05) is 10.6 Å². The van der Waals surface area contributed by atoms with E-state index < -0.39 is 0 Å². The van der Waals surface area contributed by atoms with Crippen molar-refractivity contribution in [2.24, 2.45) is 0 Å². The highest BCUT2D eigenvalue weighted by atomic mass is 15.1. The minimum absolute atomic E-state index is 0.630. The fraction of sp³-hybridized carbons (Fsp3) is 0.150. The number of rotatable bonds is 5. The molecule has 0 spiro atoms. The third kappa shape index (κ3) is 4.55. The zero-order valence-electron chi connectivity index (χ0n) is 14.2. The highest BCUT2D eigenvalue weighted by molar-refractivity contribution is 5.60. The Morgan fingerprint density at radius 3 is 2.44 bits per heavy atom. The fourth-order valence-electron chi connectivity index (χ4n) is 2.51. The van der Waals surface area contributed by atoms with Gasteiger partial charge in [0.05, 0.1) is 11.6 Å². The van der Waals surface area contributed by atoms with E-state index in [4.69, 9.17) is 5.26 Å². The maximum Gasteiger partial charge on any atom is 0.136 e. The van der Waals surface area contributed by atoms with Gasteiger partial charge in [0.1, 0.15) is 17.5 Å². The summed E-state index contributed by atoms with van der Waals surface area (Å²) >= 11 is 0. The van der Waals surface area contributed by atoms with Gasteiger partial charge in [-0.05, 0) is 43.7 Å². The molecule has 0 aliphatic carbocycles. The van der Waals surface area contributed by atoms with Crippen molar-refractivity contribution in [1.82, 2.24) is 9.97 Å². The first kappa shape index (κ1) is 16.5. The zero-order chi connectivity index (χ0) is 17.6. The second-order valence-electron chi connectivity index (χ2n) is 5.84. The smallest absolute Gasteiger partial charge is 0.136 e. The lowest BCUT2D eigenvalue weighted by molar-refractivity contribution is 1.02. The summed E-state index contributed by atoms with van der Waals surface area (Å²) in [6, 6.07) is 19.6. The zero-order valence-corrected chi connectivity index (χ0v) is 14.2. The third-order valence-electron chi connectivity index (χ3n) is 3.68. The quantitative estimate of drug-likeness (QED) is 0.729. The van der Waals surface area contributed by atoms with Gasteiger partial charge in [-0.25, -0.2) is 9.97 Å². The van der Waals surface area contributed by atoms with Gasteiger partial charge in [-0.3, -0.25) is 0 Å². The molecule has 2 N–H and O–H groups in total. The predicted octanol–water partition coefficient (Wildman–Crippen LogP) is 4.32. The molecule has 3 rings (SSSR count). The van der Waals surface area contributed by atoms with Gasteiger partial charge in [-0.1, -0.05) is 29.8 Å². The maximum atomic E-state index is 8.86. The van der Waals surface area contributed by atoms with E-state index in [1.165, 1.54) is 11.1 Å². The molecule has 5 heteroatoms. The molecule has 1 aromatic heterocycles. The predicted molar refractivity (Wildman–Crippen MR) is 99.7 cm³/mol. The molecule has 3 aromatic rings. The highest BCUT2D eigenvalue weighted by Gasteiger charge is 2.03. The van der Waals surface area contributed by atoms with Gasteiger partial charge >= 0.3 is 0 Å². The molecule has 0 amide bonds. The molecule has 0 radical (unpaired) electrons. The number of nitrogens with one attached hydrogen (secondary N) is 2. The first-order valence-corrected chi connectivity index (χ1v) is 8.05. The minimum atomic E-state index is 0.630. The second kappa shape index (κ2) is 7.45. The summed E-state index contributed by atoms with van der Waals surface area (Å²) < 4.78 is 0. The van der Waals surface area contributed by atoms with Crippen molar-refractivity contribution >= 4 is 17.3 Å². The summed E-state index contributed by atoms with van der Waals surface area (Å²) in [7, 11) is 0. The number of nitrogens with zero attached hydrogens (tertiary/aromatic N) is 3. The van der Waals surface area contributed by atoms with E-state index in [-0.39, 0.29) is 0 Å². The number of anilines is 3. The van der Waals surface area contributed by atoms with Crippen LogP contribution in [0.25, 0.3) is 0 Å². The molecular formula is C20H19N5. The molecule has 0 unspecified atom stereocenters. The number of hydrogen-bond donors (Lipinski definition) is 2. The van der Waals surface area contributed by atoms with Crippen LogP contribution in [0.2, 0.25) is 0 Å². The normalized spacial score (nSPS) is 10.1. The molecule has 0 aliphatic rings. The van der Waals surface area contributed by atoms with Crippen LogP contribution in [0.3, 0.4) is 0 Å². The second-order valence-corrected chi connectivity index (χ2v) is 5.84. The molecule has 2 aromatic carbocycles. The molecular weight excluding hydrogens is 310 g/mol. The third-order valence-corrected chi connectivity index (χ3v) is 3.68. The molecule has 0 atom stereocenters. The average Bonchev–Trinajstić information content (AvgIpc) is 2.60. The van der Waals surface area contributed by atoms with E-state index in [1.54, 1.807) is 12.1 Å². The lowest BCUT2D eigenvalue weighted by atomic mass is 10.1. The maximum absolute atomic E-state index is 8.86. The molecule has 0 bridgehead atoms. The number of aromatic nitrogens is 2. The largest absolute Gasteiger partial charge is 0.366 e. The number of benzene rings is 2. The van der Waals surface area contributed by atoms with Crippen molar-refractivity contribution in [3.63, 3.8) is 0 Å². The van der Waals surface area contributed by atoms with Crippen LogP contribution in [-0.4, -0.2) is 9.97 Å². The summed E-state index contributed by atoms with van der Waals surface area (Å²) in [5.74, 6) is 2.17. The lowest BCUT2D eigenvalue weighted by Gasteiger charge is -2.11. The molecule has 0 saturated heterocycles. The van der Waals surface area contributed by atoms with E-state index in [9.17, 15) is 0 Å². The Hall–Kier alpha value is -3.39. The Balaban J connectivity index is 1.72. The molecule has 5 nitrogen and oxygen atoms in total.